The Bertz CT molecular complexity index is 741. The molecule has 2 aromatic rings. The second kappa shape index (κ2) is 6.87. The van der Waals surface area contributed by atoms with Gasteiger partial charge in [0.05, 0.1) is 0 Å². The minimum atomic E-state index is -0.190. The summed E-state index contributed by atoms with van der Waals surface area (Å²) in [6.07, 6.45) is 0. The predicted octanol–water partition coefficient (Wildman–Crippen LogP) is 3.94. The van der Waals surface area contributed by atoms with E-state index in [0.29, 0.717) is 16.8 Å². The highest BCUT2D eigenvalue weighted by molar-refractivity contribution is 6.05. The molecule has 1 N–H and O–H groups in total. The zero-order chi connectivity index (χ0) is 17.9. The summed E-state index contributed by atoms with van der Waals surface area (Å²) in [4.78, 5) is 25.9. The number of hydrogen-bond donors (Lipinski definition) is 1. The Morgan fingerprint density at radius 1 is 0.917 bits per heavy atom. The van der Waals surface area contributed by atoms with Gasteiger partial charge in [-0.25, -0.2) is 0 Å². The van der Waals surface area contributed by atoms with Crippen LogP contribution in [-0.4, -0.2) is 30.8 Å². The molecular formula is C20H24N2O2. The van der Waals surface area contributed by atoms with Crippen molar-refractivity contribution in [3.8, 4) is 0 Å². The summed E-state index contributed by atoms with van der Waals surface area (Å²) in [6, 6.07) is 14.5. The molecule has 4 heteroatoms. The third-order valence-electron chi connectivity index (χ3n) is 3.79. The molecule has 0 aliphatic carbocycles. The lowest BCUT2D eigenvalue weighted by Crippen LogP contribution is -2.22. The van der Waals surface area contributed by atoms with Crippen molar-refractivity contribution < 1.29 is 9.59 Å². The molecule has 0 aliphatic heterocycles. The fraction of sp³-hybridized carbons (Fsp3) is 0.300. The minimum absolute atomic E-state index is 0.0515. The van der Waals surface area contributed by atoms with Gasteiger partial charge in [-0.15, -0.1) is 0 Å². The van der Waals surface area contributed by atoms with Crippen LogP contribution in [0.15, 0.2) is 48.5 Å². The topological polar surface area (TPSA) is 49.4 Å². The van der Waals surface area contributed by atoms with E-state index in [9.17, 15) is 9.59 Å². The SMILES string of the molecule is CN(C)C(=O)c1cccc(NC(=O)c2ccc(C(C)(C)C)cc2)c1. The number of hydrogen-bond acceptors (Lipinski definition) is 2. The standard InChI is InChI=1S/C20H24N2O2/c1-20(2,3)16-11-9-14(10-12-16)18(23)21-17-8-6-7-15(13-17)19(24)22(4)5/h6-13H,1-5H3,(H,21,23). The molecule has 0 unspecified atom stereocenters. The van der Waals surface area contributed by atoms with Gasteiger partial charge in [-0.2, -0.15) is 0 Å². The molecule has 0 bridgehead atoms. The third-order valence-corrected chi connectivity index (χ3v) is 3.79. The first-order chi connectivity index (χ1) is 11.2. The van der Waals surface area contributed by atoms with Crippen molar-refractivity contribution in [1.82, 2.24) is 4.90 Å². The maximum absolute atomic E-state index is 12.4. The molecule has 0 aromatic heterocycles. The van der Waals surface area contributed by atoms with Crippen LogP contribution in [-0.2, 0) is 5.41 Å². The van der Waals surface area contributed by atoms with E-state index in [1.54, 1.807) is 38.4 Å². The first-order valence-corrected chi connectivity index (χ1v) is 7.92. The van der Waals surface area contributed by atoms with E-state index >= 15 is 0 Å². The Morgan fingerprint density at radius 2 is 1.54 bits per heavy atom. The molecule has 2 aromatic carbocycles. The Labute approximate surface area is 143 Å². The molecule has 0 saturated heterocycles. The lowest BCUT2D eigenvalue weighted by molar-refractivity contribution is 0.0827. The highest BCUT2D eigenvalue weighted by atomic mass is 16.2. The second-order valence-corrected chi connectivity index (χ2v) is 7.06. The van der Waals surface area contributed by atoms with Crippen LogP contribution in [0.2, 0.25) is 0 Å². The van der Waals surface area contributed by atoms with Crippen LogP contribution in [0.25, 0.3) is 0 Å². The number of nitrogens with one attached hydrogen (secondary N) is 1. The van der Waals surface area contributed by atoms with Crippen molar-refractivity contribution in [1.29, 1.82) is 0 Å². The van der Waals surface area contributed by atoms with Gasteiger partial charge in [0.15, 0.2) is 0 Å². The van der Waals surface area contributed by atoms with Crippen molar-refractivity contribution in [3.63, 3.8) is 0 Å². The fourth-order valence-electron chi connectivity index (χ4n) is 2.31. The van der Waals surface area contributed by atoms with Crippen molar-refractivity contribution in [2.75, 3.05) is 19.4 Å². The van der Waals surface area contributed by atoms with E-state index < -0.39 is 0 Å². The average molecular weight is 324 g/mol. The summed E-state index contributed by atoms with van der Waals surface area (Å²) >= 11 is 0. The summed E-state index contributed by atoms with van der Waals surface area (Å²) in [5.74, 6) is -0.287. The van der Waals surface area contributed by atoms with Crippen molar-refractivity contribution >= 4 is 17.5 Å². The quantitative estimate of drug-likeness (QED) is 0.929. The summed E-state index contributed by atoms with van der Waals surface area (Å²) < 4.78 is 0. The smallest absolute Gasteiger partial charge is 0.255 e. The number of carbonyl (C=O) groups excluding carboxylic acids is 2. The maximum Gasteiger partial charge on any atom is 0.255 e. The monoisotopic (exact) mass is 324 g/mol. The number of nitrogens with zero attached hydrogens (tertiary/aromatic N) is 1. The number of carbonyl (C=O) groups is 2. The molecule has 4 nitrogen and oxygen atoms in total. The molecule has 2 amide bonds. The summed E-state index contributed by atoms with van der Waals surface area (Å²) in [7, 11) is 3.40. The lowest BCUT2D eigenvalue weighted by Gasteiger charge is -2.19. The molecule has 0 saturated carbocycles. The largest absolute Gasteiger partial charge is 0.345 e. The van der Waals surface area contributed by atoms with E-state index in [4.69, 9.17) is 0 Å². The summed E-state index contributed by atoms with van der Waals surface area (Å²) in [5, 5.41) is 2.84. The molecule has 0 aliphatic rings. The van der Waals surface area contributed by atoms with E-state index in [1.165, 1.54) is 10.5 Å². The van der Waals surface area contributed by atoms with Crippen LogP contribution in [0.3, 0.4) is 0 Å². The van der Waals surface area contributed by atoms with Crippen LogP contribution >= 0.6 is 0 Å². The first kappa shape index (κ1) is 17.7. The molecule has 0 atom stereocenters. The number of benzene rings is 2. The van der Waals surface area contributed by atoms with Crippen LogP contribution in [0.4, 0.5) is 5.69 Å². The van der Waals surface area contributed by atoms with Gasteiger partial charge in [0.1, 0.15) is 0 Å². The zero-order valence-corrected chi connectivity index (χ0v) is 14.9. The van der Waals surface area contributed by atoms with Gasteiger partial charge >= 0.3 is 0 Å². The Balaban J connectivity index is 2.15. The molecular weight excluding hydrogens is 300 g/mol. The van der Waals surface area contributed by atoms with E-state index in [2.05, 4.69) is 26.1 Å². The first-order valence-electron chi connectivity index (χ1n) is 7.92. The molecule has 0 fully saturated rings. The van der Waals surface area contributed by atoms with Crippen molar-refractivity contribution in [2.45, 2.75) is 26.2 Å². The van der Waals surface area contributed by atoms with Crippen LogP contribution in [0.5, 0.6) is 0 Å². The van der Waals surface area contributed by atoms with Gasteiger partial charge in [-0.05, 0) is 41.3 Å². The van der Waals surface area contributed by atoms with Gasteiger partial charge in [0.2, 0.25) is 0 Å². The highest BCUT2D eigenvalue weighted by Gasteiger charge is 2.15. The van der Waals surface area contributed by atoms with Gasteiger partial charge in [-0.3, -0.25) is 9.59 Å². The van der Waals surface area contributed by atoms with E-state index in [-0.39, 0.29) is 17.2 Å². The molecule has 0 heterocycles. The van der Waals surface area contributed by atoms with E-state index in [0.717, 1.165) is 0 Å². The minimum Gasteiger partial charge on any atom is -0.345 e. The van der Waals surface area contributed by atoms with Crippen LogP contribution < -0.4 is 5.32 Å². The molecule has 2 rings (SSSR count). The Morgan fingerprint density at radius 3 is 2.08 bits per heavy atom. The lowest BCUT2D eigenvalue weighted by atomic mass is 9.87. The molecule has 24 heavy (non-hydrogen) atoms. The second-order valence-electron chi connectivity index (χ2n) is 7.06. The van der Waals surface area contributed by atoms with Crippen LogP contribution in [0.1, 0.15) is 47.1 Å². The van der Waals surface area contributed by atoms with Gasteiger partial charge in [-0.1, -0.05) is 39.0 Å². The fourth-order valence-corrected chi connectivity index (χ4v) is 2.31. The Hall–Kier alpha value is -2.62. The van der Waals surface area contributed by atoms with Crippen molar-refractivity contribution in [2.24, 2.45) is 0 Å². The Kier molecular flexibility index (Phi) is 5.07. The normalized spacial score (nSPS) is 11.0. The summed E-state index contributed by atoms with van der Waals surface area (Å²) in [5.41, 5.74) is 2.97. The number of rotatable bonds is 3. The maximum atomic E-state index is 12.4. The van der Waals surface area contributed by atoms with Crippen molar-refractivity contribution in [3.05, 3.63) is 65.2 Å². The van der Waals surface area contributed by atoms with Gasteiger partial charge < -0.3 is 10.2 Å². The third kappa shape index (κ3) is 4.22. The molecule has 0 radical (unpaired) electrons. The van der Waals surface area contributed by atoms with Gasteiger partial charge in [0, 0.05) is 30.9 Å². The van der Waals surface area contributed by atoms with E-state index in [1.807, 2.05) is 24.3 Å². The van der Waals surface area contributed by atoms with Gasteiger partial charge in [0.25, 0.3) is 11.8 Å². The molecule has 126 valence electrons. The average Bonchev–Trinajstić information content (AvgIpc) is 2.53. The molecule has 0 spiro atoms. The zero-order valence-electron chi connectivity index (χ0n) is 14.9. The highest BCUT2D eigenvalue weighted by Crippen LogP contribution is 2.22. The summed E-state index contributed by atoms with van der Waals surface area (Å²) in [6.45, 7) is 6.40. The predicted molar refractivity (Wildman–Crippen MR) is 97.6 cm³/mol. The number of anilines is 1. The van der Waals surface area contributed by atoms with Crippen LogP contribution in [0, 0.1) is 0 Å². The number of amides is 2.